The van der Waals surface area contributed by atoms with E-state index in [0.717, 1.165) is 5.56 Å². The lowest BCUT2D eigenvalue weighted by Gasteiger charge is -2.52. The van der Waals surface area contributed by atoms with E-state index in [-0.39, 0.29) is 92.1 Å². The summed E-state index contributed by atoms with van der Waals surface area (Å²) in [6.07, 6.45) is -9.29. The molecule has 0 spiro atoms. The van der Waals surface area contributed by atoms with Crippen molar-refractivity contribution in [1.82, 2.24) is 0 Å². The third kappa shape index (κ3) is 12.6. The molecule has 1 aromatic rings. The molecule has 6 rings (SSSR count). The Hall–Kier alpha value is -1.46. The second-order valence-corrected chi connectivity index (χ2v) is 20.3. The molecule has 1 aromatic carbocycles. The van der Waals surface area contributed by atoms with Crippen LogP contribution < -0.4 is 0 Å². The molecule has 5 fully saturated rings. The van der Waals surface area contributed by atoms with Crippen molar-refractivity contribution in [1.29, 1.82) is 0 Å². The van der Waals surface area contributed by atoms with Crippen molar-refractivity contribution in [2.24, 2.45) is 47.3 Å². The average molecular weight is 971 g/mol. The fourth-order valence-corrected chi connectivity index (χ4v) is 11.0. The number of ether oxygens (including phenoxy) is 15. The van der Waals surface area contributed by atoms with Gasteiger partial charge >= 0.3 is 0 Å². The highest BCUT2D eigenvalue weighted by atomic mass is 16.8. The Morgan fingerprint density at radius 2 is 0.824 bits per heavy atom. The van der Waals surface area contributed by atoms with E-state index in [2.05, 4.69) is 53.7 Å². The van der Waals surface area contributed by atoms with Gasteiger partial charge in [-0.3, -0.25) is 0 Å². The molecule has 10 unspecified atom stereocenters. The van der Waals surface area contributed by atoms with E-state index < -0.39 is 86.2 Å². The summed E-state index contributed by atoms with van der Waals surface area (Å²) in [6, 6.07) is 10.1. The van der Waals surface area contributed by atoms with Crippen LogP contribution in [0.15, 0.2) is 30.3 Å². The number of rotatable bonds is 21. The van der Waals surface area contributed by atoms with Gasteiger partial charge < -0.3 is 81.3 Å². The van der Waals surface area contributed by atoms with Crippen LogP contribution in [0.3, 0.4) is 0 Å². The monoisotopic (exact) mass is 971 g/mol. The average Bonchev–Trinajstić information content (AvgIpc) is 3.32. The molecule has 0 saturated carbocycles. The molecule has 17 nitrogen and oxygen atoms in total. The van der Waals surface area contributed by atoms with Crippen LogP contribution in [0.5, 0.6) is 0 Å². The fraction of sp³-hybridized carbons (Fsp3) is 0.882. The first kappa shape index (κ1) is 55.8. The predicted molar refractivity (Wildman–Crippen MR) is 248 cm³/mol. The van der Waals surface area contributed by atoms with E-state index in [1.165, 1.54) is 0 Å². The highest BCUT2D eigenvalue weighted by molar-refractivity contribution is 5.13. The summed E-state index contributed by atoms with van der Waals surface area (Å²) in [5.74, 6) is -0.672. The Kier molecular flexibility index (Phi) is 21.3. The minimum Gasteiger partial charge on any atom is -0.394 e. The lowest BCUT2D eigenvalue weighted by atomic mass is 9.81. The fourth-order valence-electron chi connectivity index (χ4n) is 11.0. The van der Waals surface area contributed by atoms with Gasteiger partial charge in [-0.05, 0) is 36.2 Å². The van der Waals surface area contributed by atoms with Gasteiger partial charge in [0, 0.05) is 59.2 Å². The zero-order chi connectivity index (χ0) is 49.4. The number of benzene rings is 1. The van der Waals surface area contributed by atoms with Gasteiger partial charge in [-0.2, -0.15) is 0 Å². The lowest BCUT2D eigenvalue weighted by molar-refractivity contribution is -0.376. The Balaban J connectivity index is 1.14. The third-order valence-electron chi connectivity index (χ3n) is 16.0. The molecule has 68 heavy (non-hydrogen) atoms. The van der Waals surface area contributed by atoms with Crippen LogP contribution in [-0.2, 0) is 77.7 Å². The van der Waals surface area contributed by atoms with Crippen LogP contribution in [0.25, 0.3) is 0 Å². The van der Waals surface area contributed by atoms with Gasteiger partial charge in [-0.25, -0.2) is 0 Å². The molecular weight excluding hydrogens is 885 g/mol. The van der Waals surface area contributed by atoms with Crippen molar-refractivity contribution in [3.63, 3.8) is 0 Å². The summed E-state index contributed by atoms with van der Waals surface area (Å²) >= 11 is 0. The molecule has 0 radical (unpaired) electrons. The van der Waals surface area contributed by atoms with Crippen molar-refractivity contribution in [2.75, 3.05) is 68.6 Å². The van der Waals surface area contributed by atoms with E-state index in [1.807, 2.05) is 39.0 Å². The third-order valence-corrected chi connectivity index (χ3v) is 16.0. The standard InChI is InChI=1S/C51H86O17/c1-26-28(3)42(40(60-34(26)9)25-59-21-35-18-16-15-17-19-35)67-50-46(57-13)33(8)45(39(63-50)24-56-12)66-49-31(6)29(4)43(37(62-49)22-54-10)68-51-47(58-14)32(7)44(38(64-51)23-55-11)65-48-30(5)27(2)41(53)36(20-52)61-48/h15-19,26-34,36-53H,20-25H2,1-14H3/t26?,27-,28-,29?,30?,31?,32+,33?,34+,36?,37-,38?,39-,40?,41-,42-,43+,44-,45+,46?,47?,48+,49-,50-,51+/m1/s1. The minimum absolute atomic E-state index is 0.0268. The largest absolute Gasteiger partial charge is 0.394 e. The van der Waals surface area contributed by atoms with Gasteiger partial charge in [0.1, 0.15) is 42.7 Å². The number of aliphatic hydroxyl groups excluding tert-OH is 2. The summed E-state index contributed by atoms with van der Waals surface area (Å²) in [7, 11) is 8.20. The first-order valence-corrected chi connectivity index (χ1v) is 24.9. The van der Waals surface area contributed by atoms with Crippen molar-refractivity contribution < 1.29 is 81.3 Å². The van der Waals surface area contributed by atoms with Gasteiger partial charge in [0.05, 0.1) is 76.3 Å². The van der Waals surface area contributed by atoms with Crippen molar-refractivity contribution in [2.45, 2.75) is 173 Å². The van der Waals surface area contributed by atoms with Gasteiger partial charge in [0.15, 0.2) is 25.2 Å². The molecule has 0 bridgehead atoms. The lowest BCUT2D eigenvalue weighted by Crippen LogP contribution is -2.63. The molecule has 17 heteroatoms. The summed E-state index contributed by atoms with van der Waals surface area (Å²) in [5, 5.41) is 20.7. The van der Waals surface area contributed by atoms with E-state index >= 15 is 0 Å². The SMILES string of the molecule is COCC1O[C@@H](O[C@H]2C(C)C(C)[C@@H](O[C@H]3C(C)C(OC)[C@@H](O[C@H]4C(COCc5ccccc5)O[C@@H](C)C(C)[C@H]4C)O[C@@H]3COC)O[C@@H]2COC)C(OC)[C@@H](C)[C@H]1O[C@@H]1OC(CO)[C@H](O)[C@H](C)C1C. The Morgan fingerprint density at radius 1 is 0.426 bits per heavy atom. The van der Waals surface area contributed by atoms with E-state index in [0.29, 0.717) is 13.2 Å². The first-order chi connectivity index (χ1) is 32.6. The Bertz CT molecular complexity index is 1590. The van der Waals surface area contributed by atoms with Gasteiger partial charge in [-0.15, -0.1) is 0 Å². The zero-order valence-electron chi connectivity index (χ0n) is 43.1. The highest BCUT2D eigenvalue weighted by Crippen LogP contribution is 2.43. The first-order valence-electron chi connectivity index (χ1n) is 24.9. The van der Waals surface area contributed by atoms with Crippen LogP contribution in [-0.4, -0.2) is 183 Å². The van der Waals surface area contributed by atoms with E-state index in [4.69, 9.17) is 71.1 Å². The Labute approximate surface area is 405 Å². The number of methoxy groups -OCH3 is 5. The highest BCUT2D eigenvalue weighted by Gasteiger charge is 2.54. The maximum atomic E-state index is 10.7. The molecule has 5 aliphatic rings. The summed E-state index contributed by atoms with van der Waals surface area (Å²) in [6.45, 7) is 20.0. The summed E-state index contributed by atoms with van der Waals surface area (Å²) in [5.41, 5.74) is 1.09. The zero-order valence-corrected chi connectivity index (χ0v) is 43.1. The molecule has 0 amide bonds. The van der Waals surface area contributed by atoms with Gasteiger partial charge in [0.25, 0.3) is 0 Å². The van der Waals surface area contributed by atoms with Crippen molar-refractivity contribution >= 4 is 0 Å². The van der Waals surface area contributed by atoms with Crippen LogP contribution in [0.1, 0.15) is 67.9 Å². The van der Waals surface area contributed by atoms with Gasteiger partial charge in [0.2, 0.25) is 0 Å². The van der Waals surface area contributed by atoms with E-state index in [9.17, 15) is 10.2 Å². The number of hydrogen-bond acceptors (Lipinski definition) is 17. The molecule has 25 atom stereocenters. The normalized spacial score (nSPS) is 45.9. The van der Waals surface area contributed by atoms with Crippen molar-refractivity contribution in [3.8, 4) is 0 Å². The molecular formula is C51H86O17. The molecule has 5 heterocycles. The van der Waals surface area contributed by atoms with Crippen LogP contribution in [0.4, 0.5) is 0 Å². The van der Waals surface area contributed by atoms with Crippen LogP contribution in [0.2, 0.25) is 0 Å². The van der Waals surface area contributed by atoms with Crippen LogP contribution >= 0.6 is 0 Å². The quantitative estimate of drug-likeness (QED) is 0.171. The Morgan fingerprint density at radius 3 is 1.28 bits per heavy atom. The topological polar surface area (TPSA) is 179 Å². The predicted octanol–water partition coefficient (Wildman–Crippen LogP) is 4.84. The molecule has 0 aromatic heterocycles. The van der Waals surface area contributed by atoms with E-state index in [1.54, 1.807) is 35.5 Å². The molecule has 5 aliphatic heterocycles. The minimum atomic E-state index is -0.818. The second-order valence-electron chi connectivity index (χ2n) is 20.3. The second kappa shape index (κ2) is 26.0. The molecule has 0 aliphatic carbocycles. The molecule has 2 N–H and O–H groups in total. The smallest absolute Gasteiger partial charge is 0.185 e. The van der Waals surface area contributed by atoms with Crippen molar-refractivity contribution in [3.05, 3.63) is 35.9 Å². The maximum absolute atomic E-state index is 10.7. The van der Waals surface area contributed by atoms with Crippen LogP contribution in [0, 0.1) is 47.3 Å². The number of hydrogen-bond donors (Lipinski definition) is 2. The van der Waals surface area contributed by atoms with Gasteiger partial charge in [-0.1, -0.05) is 85.7 Å². The summed E-state index contributed by atoms with van der Waals surface area (Å²) in [4.78, 5) is 0. The molecule has 5 saturated heterocycles. The number of aliphatic hydroxyl groups is 2. The molecule has 392 valence electrons. The maximum Gasteiger partial charge on any atom is 0.185 e. The summed E-state index contributed by atoms with van der Waals surface area (Å²) < 4.78 is 96.4.